The van der Waals surface area contributed by atoms with Crippen LogP contribution in [-0.2, 0) is 0 Å². The molecule has 0 unspecified atom stereocenters. The second-order valence-electron chi connectivity index (χ2n) is 5.66. The van der Waals surface area contributed by atoms with Crippen LogP contribution in [0.1, 0.15) is 0 Å². The van der Waals surface area contributed by atoms with E-state index < -0.39 is 0 Å². The zero-order chi connectivity index (χ0) is 18.3. The highest BCUT2D eigenvalue weighted by molar-refractivity contribution is 6.32. The number of methoxy groups -OCH3 is 1. The lowest BCUT2D eigenvalue weighted by atomic mass is 10.2. The van der Waals surface area contributed by atoms with Gasteiger partial charge in [0.05, 0.1) is 23.5 Å². The summed E-state index contributed by atoms with van der Waals surface area (Å²) < 4.78 is 21.3. The molecule has 0 saturated heterocycles. The molecular formula is C19H13ClFN3O2. The van der Waals surface area contributed by atoms with Crippen LogP contribution < -0.4 is 10.3 Å². The molecule has 7 heteroatoms. The summed E-state index contributed by atoms with van der Waals surface area (Å²) in [6, 6.07) is 11.1. The largest absolute Gasteiger partial charge is 0.495 e. The molecule has 4 rings (SSSR count). The minimum Gasteiger partial charge on any atom is -0.495 e. The van der Waals surface area contributed by atoms with Crippen molar-refractivity contribution in [2.75, 3.05) is 7.11 Å². The summed E-state index contributed by atoms with van der Waals surface area (Å²) >= 11 is 6.16. The van der Waals surface area contributed by atoms with E-state index in [0.717, 1.165) is 5.56 Å². The van der Waals surface area contributed by atoms with E-state index in [2.05, 4.69) is 4.98 Å². The van der Waals surface area contributed by atoms with Crippen molar-refractivity contribution in [2.24, 2.45) is 0 Å². The summed E-state index contributed by atoms with van der Waals surface area (Å²) in [5.74, 6) is 0.209. The lowest BCUT2D eigenvalue weighted by Gasteiger charge is -2.08. The number of benzene rings is 2. The predicted octanol–water partition coefficient (Wildman–Crippen LogP) is 3.95. The third-order valence-corrected chi connectivity index (χ3v) is 4.37. The summed E-state index contributed by atoms with van der Waals surface area (Å²) in [7, 11) is 1.53. The summed E-state index contributed by atoms with van der Waals surface area (Å²) in [5.41, 5.74) is 1.90. The second-order valence-corrected chi connectivity index (χ2v) is 6.06. The number of hydrogen-bond acceptors (Lipinski definition) is 3. The van der Waals surface area contributed by atoms with E-state index in [-0.39, 0.29) is 17.0 Å². The van der Waals surface area contributed by atoms with Crippen molar-refractivity contribution in [1.29, 1.82) is 0 Å². The zero-order valence-electron chi connectivity index (χ0n) is 13.7. The van der Waals surface area contributed by atoms with Crippen molar-refractivity contribution in [3.63, 3.8) is 0 Å². The van der Waals surface area contributed by atoms with Gasteiger partial charge in [-0.1, -0.05) is 11.6 Å². The van der Waals surface area contributed by atoms with Gasteiger partial charge in [0.25, 0.3) is 5.56 Å². The molecule has 130 valence electrons. The number of ether oxygens (including phenoxy) is 1. The molecule has 0 atom stereocenters. The van der Waals surface area contributed by atoms with Crippen molar-refractivity contribution in [2.45, 2.75) is 0 Å². The van der Waals surface area contributed by atoms with Crippen molar-refractivity contribution >= 4 is 17.2 Å². The number of imidazole rings is 1. The van der Waals surface area contributed by atoms with Crippen molar-refractivity contribution in [1.82, 2.24) is 14.0 Å². The lowest BCUT2D eigenvalue weighted by molar-refractivity contribution is 0.415. The molecule has 0 aliphatic heterocycles. The number of nitrogens with zero attached hydrogens (tertiary/aromatic N) is 3. The Morgan fingerprint density at radius 1 is 1.12 bits per heavy atom. The van der Waals surface area contributed by atoms with E-state index in [1.54, 1.807) is 53.3 Å². The Hall–Kier alpha value is -3.12. The van der Waals surface area contributed by atoms with Crippen molar-refractivity contribution in [3.8, 4) is 22.7 Å². The van der Waals surface area contributed by atoms with Gasteiger partial charge in [-0.05, 0) is 42.5 Å². The molecule has 5 nitrogen and oxygen atoms in total. The van der Waals surface area contributed by atoms with E-state index in [1.807, 2.05) is 0 Å². The Morgan fingerprint density at radius 2 is 1.88 bits per heavy atom. The first kappa shape index (κ1) is 16.4. The molecule has 0 amide bonds. The molecule has 0 spiro atoms. The van der Waals surface area contributed by atoms with Crippen LogP contribution in [0.4, 0.5) is 4.39 Å². The van der Waals surface area contributed by atoms with Crippen molar-refractivity contribution in [3.05, 3.63) is 82.2 Å². The number of rotatable bonds is 3. The first-order valence-corrected chi connectivity index (χ1v) is 8.15. The Balaban J connectivity index is 1.83. The van der Waals surface area contributed by atoms with Gasteiger partial charge in [-0.25, -0.2) is 9.37 Å². The van der Waals surface area contributed by atoms with Crippen LogP contribution in [0, 0.1) is 5.82 Å². The minimum atomic E-state index is -0.323. The average molecular weight is 370 g/mol. The minimum absolute atomic E-state index is 0.263. The first-order chi connectivity index (χ1) is 12.6. The summed E-state index contributed by atoms with van der Waals surface area (Å²) in [6.07, 6.45) is 5.10. The van der Waals surface area contributed by atoms with Crippen LogP contribution in [0.15, 0.2) is 65.8 Å². The number of fused-ring (bicyclic) bond motifs is 1. The topological polar surface area (TPSA) is 48.5 Å². The van der Waals surface area contributed by atoms with Crippen LogP contribution in [-0.4, -0.2) is 21.1 Å². The van der Waals surface area contributed by atoms with Crippen molar-refractivity contribution < 1.29 is 9.13 Å². The van der Waals surface area contributed by atoms with E-state index >= 15 is 0 Å². The molecule has 0 aliphatic carbocycles. The van der Waals surface area contributed by atoms with Gasteiger partial charge in [0.1, 0.15) is 11.6 Å². The quantitative estimate of drug-likeness (QED) is 0.549. The molecule has 2 aromatic carbocycles. The zero-order valence-corrected chi connectivity index (χ0v) is 14.4. The highest BCUT2D eigenvalue weighted by atomic mass is 35.5. The fraction of sp³-hybridized carbons (Fsp3) is 0.0526. The fourth-order valence-electron chi connectivity index (χ4n) is 2.75. The third kappa shape index (κ3) is 2.74. The van der Waals surface area contributed by atoms with Gasteiger partial charge in [-0.15, -0.1) is 0 Å². The standard InChI is InChI=1S/C19H13ClFN3O2/c1-26-17-7-6-14(10-15(17)20)24-9-8-23-11-16(22-18(23)19(24)25)12-2-4-13(21)5-3-12/h2-11H,1H3. The van der Waals surface area contributed by atoms with Gasteiger partial charge in [0.15, 0.2) is 0 Å². The normalized spacial score (nSPS) is 11.0. The molecule has 0 fully saturated rings. The molecule has 0 N–H and O–H groups in total. The Labute approximate surface area is 152 Å². The van der Waals surface area contributed by atoms with Gasteiger partial charge in [0, 0.05) is 24.2 Å². The molecule has 2 aromatic heterocycles. The second kappa shape index (κ2) is 6.31. The van der Waals surface area contributed by atoms with Gasteiger partial charge in [-0.2, -0.15) is 0 Å². The smallest absolute Gasteiger partial charge is 0.298 e. The van der Waals surface area contributed by atoms with Crippen LogP contribution in [0.2, 0.25) is 5.02 Å². The van der Waals surface area contributed by atoms with E-state index in [9.17, 15) is 9.18 Å². The van der Waals surface area contributed by atoms with Crippen LogP contribution in [0.25, 0.3) is 22.6 Å². The molecule has 0 radical (unpaired) electrons. The number of aromatic nitrogens is 3. The third-order valence-electron chi connectivity index (χ3n) is 4.07. The van der Waals surface area contributed by atoms with Crippen LogP contribution >= 0.6 is 11.6 Å². The predicted molar refractivity (Wildman–Crippen MR) is 97.7 cm³/mol. The lowest BCUT2D eigenvalue weighted by Crippen LogP contribution is -2.19. The van der Waals surface area contributed by atoms with Gasteiger partial charge in [0.2, 0.25) is 5.65 Å². The maximum atomic E-state index is 13.1. The van der Waals surface area contributed by atoms with Crippen LogP contribution in [0.5, 0.6) is 5.75 Å². The maximum absolute atomic E-state index is 13.1. The van der Waals surface area contributed by atoms with Gasteiger partial charge < -0.3 is 9.14 Å². The highest BCUT2D eigenvalue weighted by Crippen LogP contribution is 2.26. The Bertz CT molecular complexity index is 1170. The molecule has 26 heavy (non-hydrogen) atoms. The van der Waals surface area contributed by atoms with Crippen LogP contribution in [0.3, 0.4) is 0 Å². The molecule has 0 aliphatic rings. The molecule has 2 heterocycles. The highest BCUT2D eigenvalue weighted by Gasteiger charge is 2.11. The average Bonchev–Trinajstić information content (AvgIpc) is 3.08. The fourth-order valence-corrected chi connectivity index (χ4v) is 3.00. The SMILES string of the molecule is COc1ccc(-n2ccn3cc(-c4ccc(F)cc4)nc3c2=O)cc1Cl. The van der Waals surface area contributed by atoms with E-state index in [1.165, 1.54) is 23.8 Å². The Morgan fingerprint density at radius 3 is 2.58 bits per heavy atom. The maximum Gasteiger partial charge on any atom is 0.298 e. The van der Waals surface area contributed by atoms with Gasteiger partial charge in [-0.3, -0.25) is 9.36 Å². The van der Waals surface area contributed by atoms with E-state index in [4.69, 9.17) is 16.3 Å². The Kier molecular flexibility index (Phi) is 3.97. The molecule has 4 aromatic rings. The number of hydrogen-bond donors (Lipinski definition) is 0. The molecule has 0 saturated carbocycles. The van der Waals surface area contributed by atoms with Gasteiger partial charge >= 0.3 is 0 Å². The molecular weight excluding hydrogens is 357 g/mol. The summed E-state index contributed by atoms with van der Waals surface area (Å²) in [5, 5.41) is 0.409. The number of halogens is 2. The summed E-state index contributed by atoms with van der Waals surface area (Å²) in [4.78, 5) is 17.2. The molecule has 0 bridgehead atoms. The van der Waals surface area contributed by atoms with E-state index in [0.29, 0.717) is 22.2 Å². The monoisotopic (exact) mass is 369 g/mol. The first-order valence-electron chi connectivity index (χ1n) is 7.77. The summed E-state index contributed by atoms with van der Waals surface area (Å²) in [6.45, 7) is 0.